The SMILES string of the molecule is CC(C)CN(C(=O)COc1ccccc1[N+](=O)[O-])C1CCS(=O)(=O)C1. The van der Waals surface area contributed by atoms with Gasteiger partial charge in [-0.05, 0) is 18.4 Å². The third-order valence-corrected chi connectivity index (χ3v) is 5.69. The highest BCUT2D eigenvalue weighted by Gasteiger charge is 2.35. The second-order valence-corrected chi connectivity index (χ2v) is 8.74. The number of carbonyl (C=O) groups is 1. The van der Waals surface area contributed by atoms with E-state index in [1.54, 1.807) is 6.07 Å². The van der Waals surface area contributed by atoms with Crippen LogP contribution in [0.5, 0.6) is 5.75 Å². The first kappa shape index (κ1) is 19.2. The first-order valence-electron chi connectivity index (χ1n) is 8.05. The number of nitro benzene ring substituents is 1. The van der Waals surface area contributed by atoms with Gasteiger partial charge in [0.15, 0.2) is 22.2 Å². The fraction of sp³-hybridized carbons (Fsp3) is 0.562. The van der Waals surface area contributed by atoms with Crippen molar-refractivity contribution in [3.8, 4) is 5.75 Å². The Bertz CT molecular complexity index is 747. The van der Waals surface area contributed by atoms with Crippen molar-refractivity contribution in [1.82, 2.24) is 4.90 Å². The molecule has 8 nitrogen and oxygen atoms in total. The lowest BCUT2D eigenvalue weighted by atomic mass is 10.1. The Balaban J connectivity index is 2.09. The fourth-order valence-electron chi connectivity index (χ4n) is 2.82. The number of ether oxygens (including phenoxy) is 1. The summed E-state index contributed by atoms with van der Waals surface area (Å²) in [4.78, 5) is 24.5. The minimum absolute atomic E-state index is 0.0180. The number of rotatable bonds is 7. The molecule has 1 aromatic rings. The Hall–Kier alpha value is -2.16. The quantitative estimate of drug-likeness (QED) is 0.533. The summed E-state index contributed by atoms with van der Waals surface area (Å²) in [6.07, 6.45) is 0.409. The van der Waals surface area contributed by atoms with Crippen LogP contribution in [-0.4, -0.2) is 54.8 Å². The lowest BCUT2D eigenvalue weighted by molar-refractivity contribution is -0.385. The molecule has 1 unspecified atom stereocenters. The Morgan fingerprint density at radius 1 is 1.40 bits per heavy atom. The van der Waals surface area contributed by atoms with Crippen LogP contribution in [0.4, 0.5) is 5.69 Å². The molecule has 138 valence electrons. The van der Waals surface area contributed by atoms with Gasteiger partial charge in [0.25, 0.3) is 5.91 Å². The highest BCUT2D eigenvalue weighted by atomic mass is 32.2. The van der Waals surface area contributed by atoms with Gasteiger partial charge in [0.2, 0.25) is 0 Å². The molecule has 1 heterocycles. The van der Waals surface area contributed by atoms with Gasteiger partial charge in [-0.15, -0.1) is 0 Å². The van der Waals surface area contributed by atoms with E-state index in [4.69, 9.17) is 4.74 Å². The van der Waals surface area contributed by atoms with Crippen molar-refractivity contribution in [2.75, 3.05) is 24.7 Å². The van der Waals surface area contributed by atoms with Crippen molar-refractivity contribution in [2.45, 2.75) is 26.3 Å². The smallest absolute Gasteiger partial charge is 0.310 e. The molecule has 0 bridgehead atoms. The number of hydrogen-bond donors (Lipinski definition) is 0. The summed E-state index contributed by atoms with van der Waals surface area (Å²) in [5.41, 5.74) is -0.214. The van der Waals surface area contributed by atoms with Crippen molar-refractivity contribution >= 4 is 21.4 Å². The van der Waals surface area contributed by atoms with Gasteiger partial charge >= 0.3 is 5.69 Å². The summed E-state index contributed by atoms with van der Waals surface area (Å²) in [7, 11) is -3.12. The first-order valence-corrected chi connectivity index (χ1v) is 9.88. The van der Waals surface area contributed by atoms with Crippen LogP contribution in [0.2, 0.25) is 0 Å². The molecule has 1 atom stereocenters. The van der Waals surface area contributed by atoms with Gasteiger partial charge in [-0.1, -0.05) is 26.0 Å². The zero-order valence-corrected chi connectivity index (χ0v) is 15.1. The molecule has 1 aliphatic heterocycles. The van der Waals surface area contributed by atoms with Crippen molar-refractivity contribution in [2.24, 2.45) is 5.92 Å². The Morgan fingerprint density at radius 3 is 2.64 bits per heavy atom. The predicted octanol–water partition coefficient (Wildman–Crippen LogP) is 1.65. The molecule has 0 aromatic heterocycles. The predicted molar refractivity (Wildman–Crippen MR) is 92.2 cm³/mol. The maximum atomic E-state index is 12.6. The summed E-state index contributed by atoms with van der Waals surface area (Å²) in [6.45, 7) is 3.92. The highest BCUT2D eigenvalue weighted by Crippen LogP contribution is 2.26. The van der Waals surface area contributed by atoms with Crippen LogP contribution in [0.1, 0.15) is 20.3 Å². The van der Waals surface area contributed by atoms with Crippen molar-refractivity contribution < 1.29 is 22.9 Å². The van der Waals surface area contributed by atoms with Gasteiger partial charge in [0.1, 0.15) is 0 Å². The lowest BCUT2D eigenvalue weighted by Crippen LogP contribution is -2.45. The molecule has 1 aliphatic rings. The van der Waals surface area contributed by atoms with Crippen LogP contribution < -0.4 is 4.74 Å². The summed E-state index contributed by atoms with van der Waals surface area (Å²) in [5.74, 6) is -0.154. The zero-order chi connectivity index (χ0) is 18.6. The van der Waals surface area contributed by atoms with Crippen LogP contribution >= 0.6 is 0 Å². The highest BCUT2D eigenvalue weighted by molar-refractivity contribution is 7.91. The van der Waals surface area contributed by atoms with Crippen LogP contribution in [0, 0.1) is 16.0 Å². The fourth-order valence-corrected chi connectivity index (χ4v) is 4.55. The molecule has 1 saturated heterocycles. The number of sulfone groups is 1. The average Bonchev–Trinajstić information content (AvgIpc) is 2.90. The maximum Gasteiger partial charge on any atom is 0.310 e. The minimum atomic E-state index is -3.12. The van der Waals surface area contributed by atoms with Gasteiger partial charge in [0.05, 0.1) is 16.4 Å². The third kappa shape index (κ3) is 5.15. The molecule has 1 aromatic carbocycles. The molecule has 9 heteroatoms. The molecular formula is C16H22N2O6S. The van der Waals surface area contributed by atoms with E-state index < -0.39 is 14.8 Å². The van der Waals surface area contributed by atoms with Crippen LogP contribution in [-0.2, 0) is 14.6 Å². The molecule has 0 spiro atoms. The summed E-state index contributed by atoms with van der Waals surface area (Å²) in [6, 6.07) is 5.46. The number of carbonyl (C=O) groups excluding carboxylic acids is 1. The van der Waals surface area contributed by atoms with Gasteiger partial charge < -0.3 is 9.64 Å². The van der Waals surface area contributed by atoms with Crippen molar-refractivity contribution in [3.63, 3.8) is 0 Å². The molecule has 25 heavy (non-hydrogen) atoms. The molecule has 1 amide bonds. The largest absolute Gasteiger partial charge is 0.477 e. The Kier molecular flexibility index (Phi) is 5.99. The van der Waals surface area contributed by atoms with Crippen LogP contribution in [0.3, 0.4) is 0 Å². The number of amides is 1. The maximum absolute atomic E-state index is 12.6. The number of hydrogen-bond acceptors (Lipinski definition) is 6. The number of nitro groups is 1. The van der Waals surface area contributed by atoms with E-state index in [0.717, 1.165) is 0 Å². The van der Waals surface area contributed by atoms with E-state index in [0.29, 0.717) is 13.0 Å². The first-order chi connectivity index (χ1) is 11.7. The van der Waals surface area contributed by atoms with Gasteiger partial charge in [-0.25, -0.2) is 8.42 Å². The summed E-state index contributed by atoms with van der Waals surface area (Å²) in [5, 5.41) is 11.0. The molecule has 0 N–H and O–H groups in total. The third-order valence-electron chi connectivity index (χ3n) is 3.94. The van der Waals surface area contributed by atoms with Gasteiger partial charge in [0, 0.05) is 18.7 Å². The average molecular weight is 370 g/mol. The number of benzene rings is 1. The second-order valence-electron chi connectivity index (χ2n) is 6.51. The van der Waals surface area contributed by atoms with E-state index in [1.807, 2.05) is 13.8 Å². The number of para-hydroxylation sites is 2. The summed E-state index contributed by atoms with van der Waals surface area (Å²) >= 11 is 0. The van der Waals surface area contributed by atoms with Crippen LogP contribution in [0.15, 0.2) is 24.3 Å². The molecule has 2 rings (SSSR count). The van der Waals surface area contributed by atoms with Crippen molar-refractivity contribution in [3.05, 3.63) is 34.4 Å². The monoisotopic (exact) mass is 370 g/mol. The van der Waals surface area contributed by atoms with Gasteiger partial charge in [-0.3, -0.25) is 14.9 Å². The second kappa shape index (κ2) is 7.81. The molecular weight excluding hydrogens is 348 g/mol. The Labute approximate surface area is 146 Å². The topological polar surface area (TPSA) is 107 Å². The molecule has 0 aliphatic carbocycles. The zero-order valence-electron chi connectivity index (χ0n) is 14.3. The van der Waals surface area contributed by atoms with E-state index in [9.17, 15) is 23.3 Å². The minimum Gasteiger partial charge on any atom is -0.477 e. The molecule has 0 saturated carbocycles. The van der Waals surface area contributed by atoms with Gasteiger partial charge in [-0.2, -0.15) is 0 Å². The lowest BCUT2D eigenvalue weighted by Gasteiger charge is -2.29. The summed E-state index contributed by atoms with van der Waals surface area (Å²) < 4.78 is 28.8. The van der Waals surface area contributed by atoms with E-state index in [-0.39, 0.29) is 47.4 Å². The number of nitrogens with zero attached hydrogens (tertiary/aromatic N) is 2. The Morgan fingerprint density at radius 2 is 2.08 bits per heavy atom. The van der Waals surface area contributed by atoms with E-state index in [2.05, 4.69) is 0 Å². The molecule has 0 radical (unpaired) electrons. The van der Waals surface area contributed by atoms with E-state index >= 15 is 0 Å². The van der Waals surface area contributed by atoms with Crippen LogP contribution in [0.25, 0.3) is 0 Å². The molecule has 1 fully saturated rings. The standard InChI is InChI=1S/C16H22N2O6S/c1-12(2)9-17(13-7-8-25(22,23)11-13)16(19)10-24-15-6-4-3-5-14(15)18(20)21/h3-6,12-13H,7-11H2,1-2H3. The van der Waals surface area contributed by atoms with E-state index in [1.165, 1.54) is 23.1 Å². The van der Waals surface area contributed by atoms with Crippen molar-refractivity contribution in [1.29, 1.82) is 0 Å². The normalized spacial score (nSPS) is 18.9.